The Balaban J connectivity index is 2.05. The molecule has 0 saturated heterocycles. The van der Waals surface area contributed by atoms with E-state index in [1.165, 1.54) is 11.1 Å². The van der Waals surface area contributed by atoms with Crippen molar-refractivity contribution in [3.63, 3.8) is 0 Å². The molecule has 0 aliphatic heterocycles. The number of nitrogens with zero attached hydrogens (tertiary/aromatic N) is 3. The minimum atomic E-state index is 0.727. The second kappa shape index (κ2) is 5.63. The highest BCUT2D eigenvalue weighted by atomic mass is 32.2. The van der Waals surface area contributed by atoms with E-state index in [2.05, 4.69) is 27.2 Å². The maximum Gasteiger partial charge on any atom is 0.130 e. The van der Waals surface area contributed by atoms with E-state index in [1.807, 2.05) is 24.6 Å². The predicted molar refractivity (Wildman–Crippen MR) is 70.1 cm³/mol. The average molecular weight is 246 g/mol. The Bertz CT molecular complexity index is 501. The zero-order valence-corrected chi connectivity index (χ0v) is 10.7. The van der Waals surface area contributed by atoms with Gasteiger partial charge in [-0.2, -0.15) is 0 Å². The lowest BCUT2D eigenvalue weighted by Crippen LogP contribution is -2.03. The van der Waals surface area contributed by atoms with Crippen LogP contribution >= 0.6 is 11.8 Å². The Kier molecular flexibility index (Phi) is 3.93. The maximum atomic E-state index is 4.18. The number of thioether (sulfide) groups is 1. The fourth-order valence-electron chi connectivity index (χ4n) is 1.42. The van der Waals surface area contributed by atoms with Crippen LogP contribution in [0, 0.1) is 6.92 Å². The molecule has 5 heteroatoms. The van der Waals surface area contributed by atoms with Gasteiger partial charge in [-0.25, -0.2) is 9.97 Å². The zero-order chi connectivity index (χ0) is 12.1. The first-order chi connectivity index (χ1) is 8.29. The molecular weight excluding hydrogens is 232 g/mol. The zero-order valence-electron chi connectivity index (χ0n) is 9.84. The van der Waals surface area contributed by atoms with Crippen LogP contribution in [0.3, 0.4) is 0 Å². The number of rotatable bonds is 4. The number of anilines is 1. The molecule has 2 aromatic rings. The van der Waals surface area contributed by atoms with Gasteiger partial charge in [0, 0.05) is 25.0 Å². The third-order valence-corrected chi connectivity index (χ3v) is 3.10. The summed E-state index contributed by atoms with van der Waals surface area (Å²) in [5.41, 5.74) is 2.41. The molecule has 0 aliphatic rings. The van der Waals surface area contributed by atoms with Gasteiger partial charge in [-0.05, 0) is 30.4 Å². The molecule has 0 amide bonds. The summed E-state index contributed by atoms with van der Waals surface area (Å²) in [6.07, 6.45) is 7.25. The summed E-state index contributed by atoms with van der Waals surface area (Å²) < 4.78 is 0. The van der Waals surface area contributed by atoms with E-state index in [0.29, 0.717) is 0 Å². The second-order valence-electron chi connectivity index (χ2n) is 3.60. The van der Waals surface area contributed by atoms with E-state index in [-0.39, 0.29) is 0 Å². The quantitative estimate of drug-likeness (QED) is 0.663. The summed E-state index contributed by atoms with van der Waals surface area (Å²) >= 11 is 1.60. The van der Waals surface area contributed by atoms with Crippen molar-refractivity contribution >= 4 is 17.6 Å². The van der Waals surface area contributed by atoms with Gasteiger partial charge in [-0.1, -0.05) is 0 Å². The molecule has 2 rings (SSSR count). The van der Waals surface area contributed by atoms with Gasteiger partial charge >= 0.3 is 0 Å². The largest absolute Gasteiger partial charge is 0.366 e. The van der Waals surface area contributed by atoms with Gasteiger partial charge in [-0.15, -0.1) is 11.8 Å². The van der Waals surface area contributed by atoms with E-state index in [9.17, 15) is 0 Å². The molecule has 0 aliphatic carbocycles. The first-order valence-electron chi connectivity index (χ1n) is 5.29. The van der Waals surface area contributed by atoms with Crippen molar-refractivity contribution in [2.45, 2.75) is 18.5 Å². The van der Waals surface area contributed by atoms with Gasteiger partial charge in [-0.3, -0.25) is 4.98 Å². The Morgan fingerprint density at radius 2 is 2.24 bits per heavy atom. The number of hydrogen-bond donors (Lipinski definition) is 1. The Hall–Kier alpha value is -1.62. The van der Waals surface area contributed by atoms with Gasteiger partial charge in [0.2, 0.25) is 0 Å². The molecule has 0 unspecified atom stereocenters. The van der Waals surface area contributed by atoms with Crippen molar-refractivity contribution in [3.8, 4) is 0 Å². The van der Waals surface area contributed by atoms with Crippen LogP contribution in [0.15, 0.2) is 35.9 Å². The molecule has 0 saturated carbocycles. The third kappa shape index (κ3) is 3.17. The van der Waals surface area contributed by atoms with Crippen molar-refractivity contribution in [2.24, 2.45) is 0 Å². The van der Waals surface area contributed by atoms with Crippen LogP contribution in [0.4, 0.5) is 5.82 Å². The predicted octanol–water partition coefficient (Wildman–Crippen LogP) is 2.51. The molecule has 0 radical (unpaired) electrons. The molecule has 0 spiro atoms. The molecule has 2 heterocycles. The summed E-state index contributed by atoms with van der Waals surface area (Å²) in [4.78, 5) is 12.4. The highest BCUT2D eigenvalue weighted by molar-refractivity contribution is 7.98. The smallest absolute Gasteiger partial charge is 0.130 e. The standard InChI is InChI=1S/C12H14N4S/c1-9-3-4-13-6-10(9)7-14-11-5-12(17-2)16-8-15-11/h3-6,8H,7H2,1-2H3,(H,14,15,16). The minimum Gasteiger partial charge on any atom is -0.366 e. The van der Waals surface area contributed by atoms with Crippen molar-refractivity contribution in [1.29, 1.82) is 0 Å². The molecule has 0 fully saturated rings. The van der Waals surface area contributed by atoms with Gasteiger partial charge in [0.15, 0.2) is 0 Å². The lowest BCUT2D eigenvalue weighted by atomic mass is 10.1. The van der Waals surface area contributed by atoms with Crippen LogP contribution in [0.5, 0.6) is 0 Å². The number of hydrogen-bond acceptors (Lipinski definition) is 5. The Morgan fingerprint density at radius 3 is 3.00 bits per heavy atom. The van der Waals surface area contributed by atoms with Crippen LogP contribution in [0.1, 0.15) is 11.1 Å². The lowest BCUT2D eigenvalue weighted by molar-refractivity contribution is 1.01. The molecule has 0 bridgehead atoms. The summed E-state index contributed by atoms with van der Waals surface area (Å²) in [6.45, 7) is 2.80. The topological polar surface area (TPSA) is 50.7 Å². The van der Waals surface area contributed by atoms with Crippen LogP contribution in [0.25, 0.3) is 0 Å². The number of pyridine rings is 1. The number of aryl methyl sites for hydroxylation is 1. The molecule has 4 nitrogen and oxygen atoms in total. The van der Waals surface area contributed by atoms with E-state index in [1.54, 1.807) is 24.3 Å². The molecule has 1 N–H and O–H groups in total. The van der Waals surface area contributed by atoms with E-state index >= 15 is 0 Å². The van der Waals surface area contributed by atoms with Gasteiger partial charge in [0.25, 0.3) is 0 Å². The first kappa shape index (κ1) is 11.9. The third-order valence-electron chi connectivity index (χ3n) is 2.46. The minimum absolute atomic E-state index is 0.727. The highest BCUT2D eigenvalue weighted by Crippen LogP contribution is 2.14. The summed E-state index contributed by atoms with van der Waals surface area (Å²) in [5, 5.41) is 4.24. The molecule has 0 aromatic carbocycles. The van der Waals surface area contributed by atoms with Crippen LogP contribution < -0.4 is 5.32 Å². The van der Waals surface area contributed by atoms with Crippen molar-refractivity contribution in [1.82, 2.24) is 15.0 Å². The number of aromatic nitrogens is 3. The molecular formula is C12H14N4S. The fraction of sp³-hybridized carbons (Fsp3) is 0.250. The summed E-state index contributed by atoms with van der Waals surface area (Å²) in [5.74, 6) is 0.840. The van der Waals surface area contributed by atoms with Gasteiger partial charge < -0.3 is 5.32 Å². The monoisotopic (exact) mass is 246 g/mol. The van der Waals surface area contributed by atoms with Gasteiger partial charge in [0.1, 0.15) is 17.2 Å². The Labute approximate surface area is 105 Å². The SMILES string of the molecule is CSc1cc(NCc2cnccc2C)ncn1. The second-order valence-corrected chi connectivity index (χ2v) is 4.43. The van der Waals surface area contributed by atoms with Crippen molar-refractivity contribution < 1.29 is 0 Å². The fourth-order valence-corrected chi connectivity index (χ4v) is 1.80. The summed E-state index contributed by atoms with van der Waals surface area (Å²) in [6, 6.07) is 3.95. The highest BCUT2D eigenvalue weighted by Gasteiger charge is 2.00. The Morgan fingerprint density at radius 1 is 1.35 bits per heavy atom. The molecule has 2 aromatic heterocycles. The van der Waals surface area contributed by atoms with Crippen LogP contribution in [0.2, 0.25) is 0 Å². The maximum absolute atomic E-state index is 4.18. The normalized spacial score (nSPS) is 10.2. The number of nitrogens with one attached hydrogen (secondary N) is 1. The molecule has 88 valence electrons. The molecule has 0 atom stereocenters. The van der Waals surface area contributed by atoms with Crippen molar-refractivity contribution in [3.05, 3.63) is 42.0 Å². The average Bonchev–Trinajstić information content (AvgIpc) is 2.38. The van der Waals surface area contributed by atoms with E-state index < -0.39 is 0 Å². The van der Waals surface area contributed by atoms with Gasteiger partial charge in [0.05, 0.1) is 0 Å². The van der Waals surface area contributed by atoms with Crippen molar-refractivity contribution in [2.75, 3.05) is 11.6 Å². The van der Waals surface area contributed by atoms with Crippen LogP contribution in [-0.4, -0.2) is 21.2 Å². The first-order valence-corrected chi connectivity index (χ1v) is 6.51. The van der Waals surface area contributed by atoms with E-state index in [4.69, 9.17) is 0 Å². The van der Waals surface area contributed by atoms with E-state index in [0.717, 1.165) is 17.4 Å². The summed E-state index contributed by atoms with van der Waals surface area (Å²) in [7, 11) is 0. The lowest BCUT2D eigenvalue weighted by Gasteiger charge is -2.07. The van der Waals surface area contributed by atoms with Crippen LogP contribution in [-0.2, 0) is 6.54 Å². The molecule has 17 heavy (non-hydrogen) atoms.